The van der Waals surface area contributed by atoms with E-state index < -0.39 is 0 Å². The topological polar surface area (TPSA) is 52.0 Å². The van der Waals surface area contributed by atoms with E-state index in [0.717, 1.165) is 13.1 Å². The number of hydrogen-bond donors (Lipinski definition) is 0. The third-order valence-corrected chi connectivity index (χ3v) is 10.9. The minimum absolute atomic E-state index is 0.706. The molecule has 4 heteroatoms. The highest BCUT2D eigenvalue weighted by atomic mass is 15.1. The normalized spacial score (nSPS) is 11.2. The van der Waals surface area contributed by atoms with Crippen LogP contribution in [0, 0.1) is 0 Å². The fourth-order valence-corrected chi connectivity index (χ4v) is 7.56. The van der Waals surface area contributed by atoms with E-state index in [-0.39, 0.29) is 0 Å². The van der Waals surface area contributed by atoms with Gasteiger partial charge in [-0.15, -0.1) is 0 Å². The van der Waals surface area contributed by atoms with E-state index in [1.165, 1.54) is 237 Å². The molecule has 0 saturated carbocycles. The maximum absolute atomic E-state index is 8.79. The Balaban J connectivity index is 2.06. The van der Waals surface area contributed by atoms with Gasteiger partial charge >= 0.3 is 0 Å². The average Bonchev–Trinajstić information content (AvgIpc) is 3.13. The van der Waals surface area contributed by atoms with Gasteiger partial charge in [0.1, 0.15) is 0 Å². The molecule has 1 aromatic carbocycles. The van der Waals surface area contributed by atoms with Gasteiger partial charge in [-0.1, -0.05) is 249 Å². The van der Waals surface area contributed by atoms with Crippen LogP contribution in [0.4, 0.5) is 11.4 Å². The summed E-state index contributed by atoms with van der Waals surface area (Å²) >= 11 is 0. The standard InChI is InChI=1S/C46H86N4/c1-3-5-7-9-11-13-15-17-19-21-23-25-27-29-31-33-35-37-43-50(46-41-39-45(40-42-46)48-49-47)44-38-36-34-32-30-28-26-24-22-20-18-16-14-12-10-8-6-4-2/h39-42H,3-38,43-44H2,1-2H3. The predicted octanol–water partition coefficient (Wildman–Crippen LogP) is 17.5. The van der Waals surface area contributed by atoms with Crippen LogP contribution < -0.4 is 4.90 Å². The summed E-state index contributed by atoms with van der Waals surface area (Å²) in [6.07, 6.45) is 51.2. The molecule has 0 heterocycles. The van der Waals surface area contributed by atoms with Gasteiger partial charge in [-0.05, 0) is 30.5 Å². The van der Waals surface area contributed by atoms with Gasteiger partial charge in [-0.25, -0.2) is 0 Å². The molecule has 0 spiro atoms. The minimum atomic E-state index is 0.706. The molecule has 0 unspecified atom stereocenters. The summed E-state index contributed by atoms with van der Waals surface area (Å²) in [5.41, 5.74) is 10.8. The Morgan fingerprint density at radius 1 is 0.380 bits per heavy atom. The Labute approximate surface area is 313 Å². The molecule has 0 aliphatic carbocycles. The SMILES string of the molecule is CCCCCCCCCCCCCCCCCCCCN(CCCCCCCCCCCCCCCCCCCC)c1ccc(N=[N+]=[N-])cc1. The zero-order valence-corrected chi connectivity index (χ0v) is 34.0. The number of anilines is 1. The number of nitrogens with zero attached hydrogens (tertiary/aromatic N) is 4. The zero-order chi connectivity index (χ0) is 35.8. The van der Waals surface area contributed by atoms with Crippen LogP contribution in [0.1, 0.15) is 245 Å². The Hall–Kier alpha value is -1.67. The number of benzene rings is 1. The largest absolute Gasteiger partial charge is 0.372 e. The van der Waals surface area contributed by atoms with Gasteiger partial charge in [0.15, 0.2) is 0 Å². The highest BCUT2D eigenvalue weighted by Crippen LogP contribution is 2.22. The highest BCUT2D eigenvalue weighted by Gasteiger charge is 2.07. The molecule has 4 nitrogen and oxygen atoms in total. The predicted molar refractivity (Wildman–Crippen MR) is 225 cm³/mol. The van der Waals surface area contributed by atoms with Crippen molar-refractivity contribution in [3.63, 3.8) is 0 Å². The van der Waals surface area contributed by atoms with Crippen molar-refractivity contribution >= 4 is 11.4 Å². The molecule has 0 amide bonds. The monoisotopic (exact) mass is 695 g/mol. The molecule has 0 aliphatic rings. The summed E-state index contributed by atoms with van der Waals surface area (Å²) in [7, 11) is 0. The van der Waals surface area contributed by atoms with Crippen LogP contribution >= 0.6 is 0 Å². The Morgan fingerprint density at radius 2 is 0.620 bits per heavy atom. The van der Waals surface area contributed by atoms with Crippen molar-refractivity contribution < 1.29 is 0 Å². The molecule has 1 aromatic rings. The van der Waals surface area contributed by atoms with Crippen LogP contribution in [0.15, 0.2) is 29.4 Å². The van der Waals surface area contributed by atoms with Gasteiger partial charge in [0, 0.05) is 29.4 Å². The van der Waals surface area contributed by atoms with Crippen molar-refractivity contribution in [1.82, 2.24) is 0 Å². The molecule has 0 aromatic heterocycles. The molecular weight excluding hydrogens is 609 g/mol. The maximum atomic E-state index is 8.79. The van der Waals surface area contributed by atoms with E-state index in [1.807, 2.05) is 12.1 Å². The molecule has 0 radical (unpaired) electrons. The summed E-state index contributed by atoms with van der Waals surface area (Å²) in [5.74, 6) is 0. The molecule has 1 rings (SSSR count). The second-order valence-electron chi connectivity index (χ2n) is 15.7. The molecule has 50 heavy (non-hydrogen) atoms. The van der Waals surface area contributed by atoms with Crippen molar-refractivity contribution in [2.24, 2.45) is 5.11 Å². The number of unbranched alkanes of at least 4 members (excludes halogenated alkanes) is 34. The first kappa shape index (κ1) is 46.4. The molecule has 0 saturated heterocycles. The van der Waals surface area contributed by atoms with Gasteiger partial charge in [0.05, 0.1) is 0 Å². The van der Waals surface area contributed by atoms with E-state index in [4.69, 9.17) is 5.53 Å². The number of hydrogen-bond acceptors (Lipinski definition) is 2. The summed E-state index contributed by atoms with van der Waals surface area (Å²) < 4.78 is 0. The van der Waals surface area contributed by atoms with Crippen molar-refractivity contribution in [1.29, 1.82) is 0 Å². The lowest BCUT2D eigenvalue weighted by atomic mass is 10.0. The maximum Gasteiger partial charge on any atom is 0.0376 e. The van der Waals surface area contributed by atoms with Crippen molar-refractivity contribution in [3.05, 3.63) is 34.7 Å². The van der Waals surface area contributed by atoms with Crippen molar-refractivity contribution in [2.75, 3.05) is 18.0 Å². The van der Waals surface area contributed by atoms with Crippen LogP contribution in [0.2, 0.25) is 0 Å². The molecule has 0 fully saturated rings. The first-order chi connectivity index (χ1) is 24.8. The zero-order valence-electron chi connectivity index (χ0n) is 34.0. The molecule has 0 aliphatic heterocycles. The Morgan fingerprint density at radius 3 is 0.860 bits per heavy atom. The lowest BCUT2D eigenvalue weighted by Gasteiger charge is -2.25. The minimum Gasteiger partial charge on any atom is -0.372 e. The van der Waals surface area contributed by atoms with Gasteiger partial charge in [0.2, 0.25) is 0 Å². The summed E-state index contributed by atoms with van der Waals surface area (Å²) in [6, 6.07) is 8.22. The molecule has 0 atom stereocenters. The lowest BCUT2D eigenvalue weighted by Crippen LogP contribution is -2.25. The molecule has 290 valence electrons. The van der Waals surface area contributed by atoms with E-state index in [9.17, 15) is 0 Å². The van der Waals surface area contributed by atoms with E-state index >= 15 is 0 Å². The Bertz CT molecular complexity index is 806. The second-order valence-corrected chi connectivity index (χ2v) is 15.7. The third kappa shape index (κ3) is 31.1. The molecular formula is C46H86N4. The van der Waals surface area contributed by atoms with Gasteiger partial charge in [-0.2, -0.15) is 0 Å². The summed E-state index contributed by atoms with van der Waals surface area (Å²) in [5, 5.41) is 3.77. The Kier molecular flexibility index (Phi) is 35.7. The molecule has 0 bridgehead atoms. The van der Waals surface area contributed by atoms with Crippen LogP contribution in [-0.4, -0.2) is 13.1 Å². The van der Waals surface area contributed by atoms with E-state index in [1.54, 1.807) is 0 Å². The lowest BCUT2D eigenvalue weighted by molar-refractivity contribution is 0.521. The van der Waals surface area contributed by atoms with Gasteiger partial charge in [-0.3, -0.25) is 0 Å². The number of azide groups is 1. The molecule has 0 N–H and O–H groups in total. The fourth-order valence-electron chi connectivity index (χ4n) is 7.56. The first-order valence-electron chi connectivity index (χ1n) is 22.7. The first-order valence-corrected chi connectivity index (χ1v) is 22.7. The fraction of sp³-hybridized carbons (Fsp3) is 0.870. The summed E-state index contributed by atoms with van der Waals surface area (Å²) in [4.78, 5) is 5.53. The van der Waals surface area contributed by atoms with Crippen molar-refractivity contribution in [2.45, 2.75) is 245 Å². The van der Waals surface area contributed by atoms with E-state index in [2.05, 4.69) is 40.9 Å². The van der Waals surface area contributed by atoms with Gasteiger partial charge < -0.3 is 4.90 Å². The number of rotatable bonds is 40. The average molecular weight is 695 g/mol. The van der Waals surface area contributed by atoms with Crippen molar-refractivity contribution in [3.8, 4) is 0 Å². The van der Waals surface area contributed by atoms with E-state index in [0.29, 0.717) is 5.69 Å². The van der Waals surface area contributed by atoms with Gasteiger partial charge in [0.25, 0.3) is 0 Å². The van der Waals surface area contributed by atoms with Crippen LogP contribution in [0.3, 0.4) is 0 Å². The van der Waals surface area contributed by atoms with Crippen LogP contribution in [-0.2, 0) is 0 Å². The summed E-state index contributed by atoms with van der Waals surface area (Å²) in [6.45, 7) is 6.88. The quantitative estimate of drug-likeness (QED) is 0.0292. The second kappa shape index (κ2) is 38.6. The van der Waals surface area contributed by atoms with Crippen LogP contribution in [0.5, 0.6) is 0 Å². The third-order valence-electron chi connectivity index (χ3n) is 10.9. The van der Waals surface area contributed by atoms with Crippen LogP contribution in [0.25, 0.3) is 10.4 Å². The highest BCUT2D eigenvalue weighted by molar-refractivity contribution is 5.52. The smallest absolute Gasteiger partial charge is 0.0376 e.